The Labute approximate surface area is 111 Å². The predicted molar refractivity (Wildman–Crippen MR) is 72.8 cm³/mol. The Balaban J connectivity index is 1.93. The van der Waals surface area contributed by atoms with E-state index in [9.17, 15) is 4.39 Å². The van der Waals surface area contributed by atoms with Gasteiger partial charge in [-0.05, 0) is 31.4 Å². The molecule has 1 saturated carbocycles. The molecule has 0 atom stereocenters. The minimum absolute atomic E-state index is 0.0964. The van der Waals surface area contributed by atoms with Gasteiger partial charge < -0.3 is 4.90 Å². The summed E-state index contributed by atoms with van der Waals surface area (Å²) in [7, 11) is 2.08. The zero-order valence-corrected chi connectivity index (χ0v) is 11.8. The molecule has 0 unspecified atom stereocenters. The molecule has 94 valence electrons. The van der Waals surface area contributed by atoms with E-state index in [1.165, 1.54) is 25.3 Å². The van der Waals surface area contributed by atoms with Gasteiger partial charge in [-0.25, -0.2) is 4.39 Å². The van der Waals surface area contributed by atoms with E-state index in [-0.39, 0.29) is 5.82 Å². The number of hydrogen-bond donors (Lipinski definition) is 0. The third-order valence-corrected chi connectivity index (χ3v) is 4.89. The summed E-state index contributed by atoms with van der Waals surface area (Å²) in [5.74, 6) is -0.0964. The standard InChI is InChI=1S/C14H19BrFN/c1-17(11-14(10-15)7-4-8-14)9-12-5-2-3-6-13(12)16/h2-3,5-6H,4,7-11H2,1H3. The van der Waals surface area contributed by atoms with E-state index in [1.54, 1.807) is 6.07 Å². The first kappa shape index (κ1) is 13.0. The molecular formula is C14H19BrFN. The normalized spacial score (nSPS) is 18.1. The van der Waals surface area contributed by atoms with Gasteiger partial charge >= 0.3 is 0 Å². The van der Waals surface area contributed by atoms with E-state index in [2.05, 4.69) is 27.9 Å². The summed E-state index contributed by atoms with van der Waals surface area (Å²) in [5.41, 5.74) is 1.22. The fraction of sp³-hybridized carbons (Fsp3) is 0.571. The maximum absolute atomic E-state index is 13.5. The minimum atomic E-state index is -0.0964. The van der Waals surface area contributed by atoms with Gasteiger partial charge in [-0.2, -0.15) is 0 Å². The molecule has 0 spiro atoms. The highest BCUT2D eigenvalue weighted by molar-refractivity contribution is 9.09. The lowest BCUT2D eigenvalue weighted by Crippen LogP contribution is -2.41. The lowest BCUT2D eigenvalue weighted by molar-refractivity contribution is 0.102. The van der Waals surface area contributed by atoms with Gasteiger partial charge in [0, 0.05) is 24.0 Å². The second kappa shape index (κ2) is 5.49. The van der Waals surface area contributed by atoms with Crippen molar-refractivity contribution in [1.29, 1.82) is 0 Å². The van der Waals surface area contributed by atoms with Crippen LogP contribution in [0.15, 0.2) is 24.3 Å². The molecule has 2 rings (SSSR count). The summed E-state index contributed by atoms with van der Waals surface area (Å²) in [6.45, 7) is 1.74. The van der Waals surface area contributed by atoms with Crippen molar-refractivity contribution >= 4 is 15.9 Å². The Morgan fingerprint density at radius 1 is 1.35 bits per heavy atom. The first-order chi connectivity index (χ1) is 8.15. The van der Waals surface area contributed by atoms with Crippen molar-refractivity contribution in [2.24, 2.45) is 5.41 Å². The average molecular weight is 300 g/mol. The van der Waals surface area contributed by atoms with Crippen LogP contribution >= 0.6 is 15.9 Å². The molecule has 0 radical (unpaired) electrons. The van der Waals surface area contributed by atoms with Gasteiger partial charge in [0.05, 0.1) is 0 Å². The smallest absolute Gasteiger partial charge is 0.127 e. The van der Waals surface area contributed by atoms with Gasteiger partial charge in [-0.15, -0.1) is 0 Å². The number of hydrogen-bond acceptors (Lipinski definition) is 1. The molecule has 0 aromatic heterocycles. The number of alkyl halides is 1. The van der Waals surface area contributed by atoms with Crippen LogP contribution in [-0.4, -0.2) is 23.8 Å². The van der Waals surface area contributed by atoms with E-state index < -0.39 is 0 Å². The molecule has 3 heteroatoms. The van der Waals surface area contributed by atoms with Crippen molar-refractivity contribution < 1.29 is 4.39 Å². The van der Waals surface area contributed by atoms with E-state index in [0.717, 1.165) is 17.4 Å². The molecule has 1 aliphatic carbocycles. The third-order valence-electron chi connectivity index (χ3n) is 3.70. The highest BCUT2D eigenvalue weighted by atomic mass is 79.9. The molecule has 17 heavy (non-hydrogen) atoms. The third kappa shape index (κ3) is 3.08. The van der Waals surface area contributed by atoms with Crippen molar-refractivity contribution in [1.82, 2.24) is 4.90 Å². The molecule has 0 aliphatic heterocycles. The number of nitrogens with zero attached hydrogens (tertiary/aromatic N) is 1. The molecule has 1 aromatic carbocycles. The first-order valence-electron chi connectivity index (χ1n) is 6.13. The Hall–Kier alpha value is -0.410. The van der Waals surface area contributed by atoms with Crippen molar-refractivity contribution in [2.45, 2.75) is 25.8 Å². The summed E-state index contributed by atoms with van der Waals surface area (Å²) < 4.78 is 13.5. The molecule has 1 fully saturated rings. The molecule has 0 saturated heterocycles. The molecular weight excluding hydrogens is 281 g/mol. The molecule has 0 N–H and O–H groups in total. The summed E-state index contributed by atoms with van der Waals surface area (Å²) in [5, 5.41) is 1.06. The van der Waals surface area contributed by atoms with E-state index >= 15 is 0 Å². The fourth-order valence-corrected chi connectivity index (χ4v) is 3.29. The van der Waals surface area contributed by atoms with Crippen molar-refractivity contribution in [3.63, 3.8) is 0 Å². The van der Waals surface area contributed by atoms with E-state index in [0.29, 0.717) is 12.0 Å². The topological polar surface area (TPSA) is 3.24 Å². The van der Waals surface area contributed by atoms with Gasteiger partial charge in [0.25, 0.3) is 0 Å². The van der Waals surface area contributed by atoms with E-state index in [1.807, 2.05) is 12.1 Å². The van der Waals surface area contributed by atoms with Gasteiger partial charge in [0.1, 0.15) is 5.82 Å². The number of rotatable bonds is 5. The van der Waals surface area contributed by atoms with Crippen LogP contribution in [0.3, 0.4) is 0 Å². The SMILES string of the molecule is CN(Cc1ccccc1F)CC1(CBr)CCC1. The monoisotopic (exact) mass is 299 g/mol. The van der Waals surface area contributed by atoms with Crippen LogP contribution < -0.4 is 0 Å². The van der Waals surface area contributed by atoms with Crippen LogP contribution in [0.5, 0.6) is 0 Å². The molecule has 0 heterocycles. The van der Waals surface area contributed by atoms with Crippen LogP contribution in [-0.2, 0) is 6.54 Å². The molecule has 1 nitrogen and oxygen atoms in total. The number of halogens is 2. The van der Waals surface area contributed by atoms with E-state index in [4.69, 9.17) is 0 Å². The Bertz CT molecular complexity index is 371. The molecule has 0 amide bonds. The lowest BCUT2D eigenvalue weighted by atomic mass is 9.70. The zero-order chi connectivity index (χ0) is 12.3. The molecule has 1 aromatic rings. The molecule has 0 bridgehead atoms. The minimum Gasteiger partial charge on any atom is -0.301 e. The van der Waals surface area contributed by atoms with Crippen LogP contribution in [0.4, 0.5) is 4.39 Å². The second-order valence-electron chi connectivity index (χ2n) is 5.25. The summed E-state index contributed by atoms with van der Waals surface area (Å²) >= 11 is 3.61. The maximum atomic E-state index is 13.5. The van der Waals surface area contributed by atoms with Crippen molar-refractivity contribution in [3.05, 3.63) is 35.6 Å². The van der Waals surface area contributed by atoms with Gasteiger partial charge in [0.15, 0.2) is 0 Å². The van der Waals surface area contributed by atoms with Gasteiger partial charge in [0.2, 0.25) is 0 Å². The highest BCUT2D eigenvalue weighted by Gasteiger charge is 2.36. The Morgan fingerprint density at radius 3 is 2.59 bits per heavy atom. The zero-order valence-electron chi connectivity index (χ0n) is 10.3. The van der Waals surface area contributed by atoms with Gasteiger partial charge in [-0.1, -0.05) is 40.5 Å². The Kier molecular flexibility index (Phi) is 4.21. The highest BCUT2D eigenvalue weighted by Crippen LogP contribution is 2.42. The lowest BCUT2D eigenvalue weighted by Gasteiger charge is -2.43. The molecule has 1 aliphatic rings. The summed E-state index contributed by atoms with van der Waals surface area (Å²) in [6, 6.07) is 7.04. The first-order valence-corrected chi connectivity index (χ1v) is 7.25. The van der Waals surface area contributed by atoms with Crippen molar-refractivity contribution in [2.75, 3.05) is 18.9 Å². The maximum Gasteiger partial charge on any atom is 0.127 e. The van der Waals surface area contributed by atoms with Crippen LogP contribution in [0.2, 0.25) is 0 Å². The van der Waals surface area contributed by atoms with Crippen molar-refractivity contribution in [3.8, 4) is 0 Å². The number of benzene rings is 1. The van der Waals surface area contributed by atoms with Crippen LogP contribution in [0.25, 0.3) is 0 Å². The quantitative estimate of drug-likeness (QED) is 0.747. The van der Waals surface area contributed by atoms with Crippen LogP contribution in [0, 0.1) is 11.2 Å². The average Bonchev–Trinajstić information content (AvgIpc) is 2.27. The predicted octanol–water partition coefficient (Wildman–Crippen LogP) is 3.82. The van der Waals surface area contributed by atoms with Gasteiger partial charge in [-0.3, -0.25) is 0 Å². The van der Waals surface area contributed by atoms with Crippen LogP contribution in [0.1, 0.15) is 24.8 Å². The largest absolute Gasteiger partial charge is 0.301 e. The second-order valence-corrected chi connectivity index (χ2v) is 5.81. The Morgan fingerprint density at radius 2 is 2.06 bits per heavy atom. The fourth-order valence-electron chi connectivity index (χ4n) is 2.56. The summed E-state index contributed by atoms with van der Waals surface area (Å²) in [4.78, 5) is 2.23. The summed E-state index contributed by atoms with van der Waals surface area (Å²) in [6.07, 6.45) is 3.92.